The van der Waals surface area contributed by atoms with Crippen LogP contribution < -0.4 is 5.32 Å². The van der Waals surface area contributed by atoms with Gasteiger partial charge in [0.15, 0.2) is 0 Å². The van der Waals surface area contributed by atoms with Gasteiger partial charge in [0.25, 0.3) is 0 Å². The molecule has 4 heteroatoms. The van der Waals surface area contributed by atoms with E-state index in [2.05, 4.69) is 5.32 Å². The molecule has 0 aliphatic heterocycles. The second-order valence-electron chi connectivity index (χ2n) is 4.98. The highest BCUT2D eigenvalue weighted by molar-refractivity contribution is 6.05. The second-order valence-corrected chi connectivity index (χ2v) is 4.98. The molecule has 0 heterocycles. The van der Waals surface area contributed by atoms with Crippen LogP contribution in [0.5, 0.6) is 0 Å². The lowest BCUT2D eigenvalue weighted by atomic mass is 9.96. The van der Waals surface area contributed by atoms with Gasteiger partial charge in [0, 0.05) is 5.54 Å². The molecule has 1 fully saturated rings. The van der Waals surface area contributed by atoms with Crippen LogP contribution in [0, 0.1) is 5.41 Å². The molecule has 2 N–H and O–H groups in total. The van der Waals surface area contributed by atoms with Crippen molar-refractivity contribution in [2.45, 2.75) is 52.0 Å². The first-order valence-electron chi connectivity index (χ1n) is 5.40. The zero-order valence-electron chi connectivity index (χ0n) is 9.59. The Balaban J connectivity index is 2.60. The van der Waals surface area contributed by atoms with Crippen LogP contribution in [0.2, 0.25) is 0 Å². The number of nitrogens with one attached hydrogen (secondary N) is 1. The minimum atomic E-state index is -1.12. The molecule has 0 atom stereocenters. The van der Waals surface area contributed by atoms with Gasteiger partial charge in [-0.05, 0) is 33.1 Å². The molecule has 0 aromatic rings. The van der Waals surface area contributed by atoms with Crippen molar-refractivity contribution in [2.24, 2.45) is 5.41 Å². The van der Waals surface area contributed by atoms with Gasteiger partial charge in [0.2, 0.25) is 5.91 Å². The van der Waals surface area contributed by atoms with Gasteiger partial charge < -0.3 is 10.4 Å². The van der Waals surface area contributed by atoms with Crippen LogP contribution in [-0.2, 0) is 9.59 Å². The van der Waals surface area contributed by atoms with Crippen LogP contribution in [0.15, 0.2) is 0 Å². The predicted molar refractivity (Wildman–Crippen MR) is 56.4 cm³/mol. The van der Waals surface area contributed by atoms with Crippen molar-refractivity contribution < 1.29 is 14.7 Å². The van der Waals surface area contributed by atoms with Crippen molar-refractivity contribution >= 4 is 11.9 Å². The first-order chi connectivity index (χ1) is 6.84. The number of carbonyl (C=O) groups is 2. The van der Waals surface area contributed by atoms with E-state index >= 15 is 0 Å². The van der Waals surface area contributed by atoms with Crippen molar-refractivity contribution in [3.63, 3.8) is 0 Å². The summed E-state index contributed by atoms with van der Waals surface area (Å²) in [5.41, 5.74) is -1.43. The van der Waals surface area contributed by atoms with E-state index in [1.54, 1.807) is 0 Å². The van der Waals surface area contributed by atoms with E-state index in [-0.39, 0.29) is 11.4 Å². The molecule has 1 rings (SSSR count). The van der Waals surface area contributed by atoms with Crippen molar-refractivity contribution in [1.29, 1.82) is 0 Å². The van der Waals surface area contributed by atoms with Gasteiger partial charge in [-0.2, -0.15) is 0 Å². The molecule has 4 nitrogen and oxygen atoms in total. The van der Waals surface area contributed by atoms with Gasteiger partial charge in [0.1, 0.15) is 5.41 Å². The predicted octanol–water partition coefficient (Wildman–Crippen LogP) is 1.55. The molecule has 0 aromatic heterocycles. The van der Waals surface area contributed by atoms with E-state index in [1.165, 1.54) is 0 Å². The lowest BCUT2D eigenvalue weighted by Gasteiger charge is -2.27. The molecule has 0 bridgehead atoms. The molecule has 1 amide bonds. The third-order valence-electron chi connectivity index (χ3n) is 2.92. The van der Waals surface area contributed by atoms with Gasteiger partial charge in [-0.15, -0.1) is 0 Å². The van der Waals surface area contributed by atoms with E-state index in [0.29, 0.717) is 12.8 Å². The number of carboxylic acids is 1. The van der Waals surface area contributed by atoms with Crippen molar-refractivity contribution in [3.05, 3.63) is 0 Å². The van der Waals surface area contributed by atoms with Crippen molar-refractivity contribution in [2.75, 3.05) is 0 Å². The highest BCUT2D eigenvalue weighted by Gasteiger charge is 2.57. The van der Waals surface area contributed by atoms with Crippen LogP contribution in [0.3, 0.4) is 0 Å². The number of carbonyl (C=O) groups excluding carboxylic acids is 1. The molecule has 0 unspecified atom stereocenters. The topological polar surface area (TPSA) is 66.4 Å². The molecule has 0 spiro atoms. The molecule has 1 saturated carbocycles. The van der Waals surface area contributed by atoms with Crippen LogP contribution in [0.4, 0.5) is 0 Å². The first kappa shape index (κ1) is 12.0. The number of hydrogen-bond donors (Lipinski definition) is 2. The SMILES string of the molecule is CCCC(C)(C)NC(=O)C1(C(=O)O)CC1. The number of hydrogen-bond acceptors (Lipinski definition) is 2. The molecule has 1 aliphatic carbocycles. The number of aliphatic carboxylic acids is 1. The third-order valence-corrected chi connectivity index (χ3v) is 2.92. The first-order valence-corrected chi connectivity index (χ1v) is 5.40. The highest BCUT2D eigenvalue weighted by Crippen LogP contribution is 2.46. The second kappa shape index (κ2) is 3.83. The fourth-order valence-corrected chi connectivity index (χ4v) is 1.78. The van der Waals surface area contributed by atoms with Crippen LogP contribution >= 0.6 is 0 Å². The maximum absolute atomic E-state index is 11.8. The molecule has 15 heavy (non-hydrogen) atoms. The molecule has 0 aromatic carbocycles. The lowest BCUT2D eigenvalue weighted by Crippen LogP contribution is -2.48. The van der Waals surface area contributed by atoms with Gasteiger partial charge >= 0.3 is 5.97 Å². The average molecular weight is 213 g/mol. The van der Waals surface area contributed by atoms with E-state index in [1.807, 2.05) is 20.8 Å². The zero-order valence-corrected chi connectivity index (χ0v) is 9.59. The summed E-state index contributed by atoms with van der Waals surface area (Å²) >= 11 is 0. The summed E-state index contributed by atoms with van der Waals surface area (Å²) < 4.78 is 0. The summed E-state index contributed by atoms with van der Waals surface area (Å²) in [6.45, 7) is 5.89. The minimum absolute atomic E-state index is 0.309. The standard InChI is InChI=1S/C11H19NO3/c1-4-5-10(2,3)12-8(13)11(6-7-11)9(14)15/h4-7H2,1-3H3,(H,12,13)(H,14,15). The fourth-order valence-electron chi connectivity index (χ4n) is 1.78. The third kappa shape index (κ3) is 2.49. The van der Waals surface area contributed by atoms with Gasteiger partial charge in [-0.1, -0.05) is 13.3 Å². The molecule has 86 valence electrons. The molecule has 0 radical (unpaired) electrons. The largest absolute Gasteiger partial charge is 0.480 e. The van der Waals surface area contributed by atoms with Crippen molar-refractivity contribution in [3.8, 4) is 0 Å². The summed E-state index contributed by atoms with van der Waals surface area (Å²) in [6.07, 6.45) is 2.76. The van der Waals surface area contributed by atoms with Gasteiger partial charge in [-0.25, -0.2) is 0 Å². The van der Waals surface area contributed by atoms with E-state index < -0.39 is 11.4 Å². The summed E-state index contributed by atoms with van der Waals surface area (Å²) in [6, 6.07) is 0. The quantitative estimate of drug-likeness (QED) is 0.681. The lowest BCUT2D eigenvalue weighted by molar-refractivity contribution is -0.149. The summed E-state index contributed by atoms with van der Waals surface area (Å²) in [7, 11) is 0. The van der Waals surface area contributed by atoms with E-state index in [0.717, 1.165) is 12.8 Å². The summed E-state index contributed by atoms with van der Waals surface area (Å²) in [4.78, 5) is 22.7. The highest BCUT2D eigenvalue weighted by atomic mass is 16.4. The van der Waals surface area contributed by atoms with Gasteiger partial charge in [-0.3, -0.25) is 9.59 Å². The smallest absolute Gasteiger partial charge is 0.319 e. The zero-order chi connectivity index (χ0) is 11.7. The average Bonchev–Trinajstić information content (AvgIpc) is 2.81. The molecule has 1 aliphatic rings. The van der Waals surface area contributed by atoms with Crippen molar-refractivity contribution in [1.82, 2.24) is 5.32 Å². The number of rotatable bonds is 5. The number of carboxylic acid groups (broad SMARTS) is 1. The fraction of sp³-hybridized carbons (Fsp3) is 0.818. The van der Waals surface area contributed by atoms with Gasteiger partial charge in [0.05, 0.1) is 0 Å². The Bertz CT molecular complexity index is 280. The maximum atomic E-state index is 11.8. The van der Waals surface area contributed by atoms with E-state index in [9.17, 15) is 9.59 Å². The molecule has 0 saturated heterocycles. The monoisotopic (exact) mass is 213 g/mol. The summed E-state index contributed by atoms with van der Waals surface area (Å²) in [5, 5.41) is 11.8. The van der Waals surface area contributed by atoms with Crippen LogP contribution in [0.25, 0.3) is 0 Å². The Labute approximate surface area is 90.0 Å². The summed E-state index contributed by atoms with van der Waals surface area (Å²) in [5.74, 6) is -1.32. The normalized spacial score (nSPS) is 18.3. The van der Waals surface area contributed by atoms with Crippen LogP contribution in [0.1, 0.15) is 46.5 Å². The van der Waals surface area contributed by atoms with E-state index in [4.69, 9.17) is 5.11 Å². The Morgan fingerprint density at radius 1 is 1.40 bits per heavy atom. The Hall–Kier alpha value is -1.06. The molecular formula is C11H19NO3. The Kier molecular flexibility index (Phi) is 3.07. The Morgan fingerprint density at radius 2 is 1.93 bits per heavy atom. The maximum Gasteiger partial charge on any atom is 0.319 e. The number of amides is 1. The minimum Gasteiger partial charge on any atom is -0.480 e. The van der Waals surface area contributed by atoms with Crippen LogP contribution in [-0.4, -0.2) is 22.5 Å². The molecular weight excluding hydrogens is 194 g/mol. The Morgan fingerprint density at radius 3 is 2.27 bits per heavy atom.